The maximum Gasteiger partial charge on any atom is 0.0701 e. The van der Waals surface area contributed by atoms with E-state index in [1.807, 2.05) is 18.2 Å². The second-order valence-corrected chi connectivity index (χ2v) is 4.20. The van der Waals surface area contributed by atoms with Gasteiger partial charge < -0.3 is 14.2 Å². The first-order valence-corrected chi connectivity index (χ1v) is 6.64. The zero-order valence-electron chi connectivity index (χ0n) is 11.3. The lowest BCUT2D eigenvalue weighted by Crippen LogP contribution is -2.16. The van der Waals surface area contributed by atoms with Crippen LogP contribution in [-0.2, 0) is 14.2 Å². The van der Waals surface area contributed by atoms with Crippen molar-refractivity contribution in [2.45, 2.75) is 19.8 Å². The lowest BCUT2D eigenvalue weighted by atomic mass is 10.2. The molecule has 1 aromatic rings. The zero-order chi connectivity index (χ0) is 12.9. The molecule has 0 unspecified atom stereocenters. The van der Waals surface area contributed by atoms with Gasteiger partial charge >= 0.3 is 0 Å². The molecular formula is C15H24O3. The molecule has 0 atom stereocenters. The second-order valence-electron chi connectivity index (χ2n) is 4.20. The Bertz CT molecular complexity index is 247. The van der Waals surface area contributed by atoms with Gasteiger partial charge in [-0.2, -0.15) is 0 Å². The van der Waals surface area contributed by atoms with Crippen LogP contribution in [0.5, 0.6) is 0 Å². The summed E-state index contributed by atoms with van der Waals surface area (Å²) in [5, 5.41) is 0. The fourth-order valence-electron chi connectivity index (χ4n) is 1.48. The molecule has 0 aliphatic carbocycles. The summed E-state index contributed by atoms with van der Waals surface area (Å²) >= 11 is 0. The van der Waals surface area contributed by atoms with Crippen molar-refractivity contribution >= 4 is 0 Å². The van der Waals surface area contributed by atoms with Crippen LogP contribution in [0.25, 0.3) is 0 Å². The monoisotopic (exact) mass is 252 g/mol. The van der Waals surface area contributed by atoms with Gasteiger partial charge in [-0.1, -0.05) is 35.9 Å². The molecule has 18 heavy (non-hydrogen) atoms. The number of hydrogen-bond donors (Lipinski definition) is 0. The minimum atomic E-state index is 0.778. The van der Waals surface area contributed by atoms with Crippen molar-refractivity contribution in [1.29, 1.82) is 0 Å². The van der Waals surface area contributed by atoms with E-state index in [2.05, 4.69) is 19.1 Å². The molecule has 2 saturated heterocycles. The summed E-state index contributed by atoms with van der Waals surface area (Å²) in [6, 6.07) is 10.3. The van der Waals surface area contributed by atoms with E-state index in [4.69, 9.17) is 14.2 Å². The highest BCUT2D eigenvalue weighted by Gasteiger charge is 1.95. The standard InChI is InChI=1S/C7H8.C4H8O2.C4H8O/c1-7-5-3-2-4-6-7;1-2-6-4-3-5-1;1-2-4-5-3-1/h2-6H,1H3;1-4H2;1-4H2. The van der Waals surface area contributed by atoms with Crippen molar-refractivity contribution < 1.29 is 14.2 Å². The number of ether oxygens (including phenoxy) is 3. The Hall–Kier alpha value is -0.900. The van der Waals surface area contributed by atoms with E-state index in [-0.39, 0.29) is 0 Å². The number of aryl methyl sites for hydroxylation is 1. The summed E-state index contributed by atoms with van der Waals surface area (Å²) in [5.74, 6) is 0. The third-order valence-corrected chi connectivity index (χ3v) is 2.51. The van der Waals surface area contributed by atoms with Crippen molar-refractivity contribution in [2.75, 3.05) is 39.6 Å². The van der Waals surface area contributed by atoms with E-state index < -0.39 is 0 Å². The van der Waals surface area contributed by atoms with E-state index in [1.54, 1.807) is 0 Å². The number of benzene rings is 1. The van der Waals surface area contributed by atoms with Crippen LogP contribution >= 0.6 is 0 Å². The van der Waals surface area contributed by atoms with Gasteiger partial charge in [0.2, 0.25) is 0 Å². The predicted molar refractivity (Wildman–Crippen MR) is 72.9 cm³/mol. The minimum Gasteiger partial charge on any atom is -0.381 e. The highest BCUT2D eigenvalue weighted by atomic mass is 16.6. The van der Waals surface area contributed by atoms with Crippen molar-refractivity contribution in [1.82, 2.24) is 0 Å². The van der Waals surface area contributed by atoms with Crippen LogP contribution < -0.4 is 0 Å². The van der Waals surface area contributed by atoms with Crippen LogP contribution in [0, 0.1) is 6.92 Å². The molecule has 1 aromatic carbocycles. The van der Waals surface area contributed by atoms with Gasteiger partial charge in [0.1, 0.15) is 0 Å². The molecule has 0 spiro atoms. The topological polar surface area (TPSA) is 27.7 Å². The average molecular weight is 252 g/mol. The molecule has 2 heterocycles. The smallest absolute Gasteiger partial charge is 0.0701 e. The molecule has 2 aliphatic heterocycles. The van der Waals surface area contributed by atoms with Crippen LogP contribution in [0.4, 0.5) is 0 Å². The molecule has 0 aromatic heterocycles. The molecule has 0 bridgehead atoms. The highest BCUT2D eigenvalue weighted by molar-refractivity contribution is 5.11. The van der Waals surface area contributed by atoms with Crippen LogP contribution in [0.1, 0.15) is 18.4 Å². The summed E-state index contributed by atoms with van der Waals surface area (Å²) in [6.45, 7) is 7.19. The van der Waals surface area contributed by atoms with Gasteiger partial charge in [-0.15, -0.1) is 0 Å². The third kappa shape index (κ3) is 9.16. The first-order chi connectivity index (χ1) is 8.89. The number of hydrogen-bond acceptors (Lipinski definition) is 3. The quantitative estimate of drug-likeness (QED) is 0.710. The Morgan fingerprint density at radius 3 is 1.33 bits per heavy atom. The summed E-state index contributed by atoms with van der Waals surface area (Å²) in [5.41, 5.74) is 1.32. The van der Waals surface area contributed by atoms with Gasteiger partial charge in [0.25, 0.3) is 0 Å². The van der Waals surface area contributed by atoms with Gasteiger partial charge in [0, 0.05) is 13.2 Å². The van der Waals surface area contributed by atoms with Crippen LogP contribution in [0.2, 0.25) is 0 Å². The van der Waals surface area contributed by atoms with Gasteiger partial charge in [0.15, 0.2) is 0 Å². The number of rotatable bonds is 0. The molecule has 3 nitrogen and oxygen atoms in total. The molecule has 0 radical (unpaired) electrons. The van der Waals surface area contributed by atoms with Crippen molar-refractivity contribution in [2.24, 2.45) is 0 Å². The predicted octanol–water partition coefficient (Wildman–Crippen LogP) is 2.83. The molecule has 0 amide bonds. The second kappa shape index (κ2) is 11.2. The highest BCUT2D eigenvalue weighted by Crippen LogP contribution is 1.98. The van der Waals surface area contributed by atoms with Crippen LogP contribution in [0.15, 0.2) is 30.3 Å². The van der Waals surface area contributed by atoms with E-state index in [0.717, 1.165) is 39.6 Å². The van der Waals surface area contributed by atoms with Gasteiger partial charge in [-0.3, -0.25) is 0 Å². The van der Waals surface area contributed by atoms with E-state index in [0.29, 0.717) is 0 Å². The molecule has 2 fully saturated rings. The largest absolute Gasteiger partial charge is 0.381 e. The first kappa shape index (κ1) is 15.2. The Morgan fingerprint density at radius 1 is 0.667 bits per heavy atom. The summed E-state index contributed by atoms with van der Waals surface area (Å²) in [7, 11) is 0. The van der Waals surface area contributed by atoms with E-state index in [9.17, 15) is 0 Å². The molecule has 2 aliphatic rings. The first-order valence-electron chi connectivity index (χ1n) is 6.64. The fraction of sp³-hybridized carbons (Fsp3) is 0.600. The maximum absolute atomic E-state index is 4.94. The van der Waals surface area contributed by atoms with E-state index >= 15 is 0 Å². The van der Waals surface area contributed by atoms with E-state index in [1.165, 1.54) is 18.4 Å². The van der Waals surface area contributed by atoms with Crippen LogP contribution in [-0.4, -0.2) is 39.6 Å². The molecule has 102 valence electrons. The third-order valence-electron chi connectivity index (χ3n) is 2.51. The molecule has 3 rings (SSSR count). The van der Waals surface area contributed by atoms with Gasteiger partial charge in [-0.25, -0.2) is 0 Å². The average Bonchev–Trinajstić information content (AvgIpc) is 3.01. The van der Waals surface area contributed by atoms with Crippen molar-refractivity contribution in [3.8, 4) is 0 Å². The lowest BCUT2D eigenvalue weighted by Gasteiger charge is -2.09. The fourth-order valence-corrected chi connectivity index (χ4v) is 1.48. The molecule has 0 saturated carbocycles. The summed E-state index contributed by atoms with van der Waals surface area (Å²) in [6.07, 6.45) is 2.56. The van der Waals surface area contributed by atoms with Crippen molar-refractivity contribution in [3.63, 3.8) is 0 Å². The summed E-state index contributed by atoms with van der Waals surface area (Å²) in [4.78, 5) is 0. The van der Waals surface area contributed by atoms with Crippen molar-refractivity contribution in [3.05, 3.63) is 35.9 Å². The van der Waals surface area contributed by atoms with Gasteiger partial charge in [-0.05, 0) is 19.8 Å². The Balaban J connectivity index is 0.000000137. The molecule has 0 N–H and O–H groups in total. The summed E-state index contributed by atoms with van der Waals surface area (Å²) < 4.78 is 14.8. The Kier molecular flexibility index (Phi) is 9.44. The Morgan fingerprint density at radius 2 is 1.11 bits per heavy atom. The minimum absolute atomic E-state index is 0.778. The zero-order valence-corrected chi connectivity index (χ0v) is 11.3. The molecular weight excluding hydrogens is 228 g/mol. The normalized spacial score (nSPS) is 18.1. The molecule has 3 heteroatoms. The Labute approximate surface area is 110 Å². The van der Waals surface area contributed by atoms with Crippen LogP contribution in [0.3, 0.4) is 0 Å². The maximum atomic E-state index is 4.94. The van der Waals surface area contributed by atoms with Gasteiger partial charge in [0.05, 0.1) is 26.4 Å². The SMILES string of the molecule is C1CCOC1.C1COCCO1.Cc1ccccc1. The lowest BCUT2D eigenvalue weighted by molar-refractivity contribution is -0.0334.